The Bertz CT molecular complexity index is 666. The third-order valence-electron chi connectivity index (χ3n) is 2.76. The molecule has 0 bridgehead atoms. The normalized spacial score (nSPS) is 10.2. The molecule has 0 spiro atoms. The summed E-state index contributed by atoms with van der Waals surface area (Å²) in [5.74, 6) is -2.31. The van der Waals surface area contributed by atoms with Crippen LogP contribution in [0.4, 0.5) is 10.1 Å². The molecule has 2 rings (SSSR count). The summed E-state index contributed by atoms with van der Waals surface area (Å²) in [7, 11) is 0. The van der Waals surface area contributed by atoms with Gasteiger partial charge in [0.1, 0.15) is 5.82 Å². The minimum atomic E-state index is -0.940. The summed E-state index contributed by atoms with van der Waals surface area (Å²) in [4.78, 5) is 22.6. The lowest BCUT2D eigenvalue weighted by atomic mass is 10.1. The van der Waals surface area contributed by atoms with Gasteiger partial charge in [0.2, 0.25) is 0 Å². The smallest absolute Gasteiger partial charge is 0.307 e. The summed E-state index contributed by atoms with van der Waals surface area (Å²) < 4.78 is 13.6. The molecule has 0 aromatic heterocycles. The van der Waals surface area contributed by atoms with Gasteiger partial charge in [0, 0.05) is 5.69 Å². The average molecular weight is 308 g/mol. The molecule has 6 heteroatoms. The molecule has 108 valence electrons. The summed E-state index contributed by atoms with van der Waals surface area (Å²) in [5.41, 5.74) is 0.798. The molecule has 21 heavy (non-hydrogen) atoms. The van der Waals surface area contributed by atoms with Gasteiger partial charge in [-0.1, -0.05) is 29.8 Å². The Morgan fingerprint density at radius 2 is 1.81 bits per heavy atom. The molecule has 0 saturated carbocycles. The van der Waals surface area contributed by atoms with Crippen LogP contribution in [0.1, 0.15) is 15.9 Å². The van der Waals surface area contributed by atoms with Crippen molar-refractivity contribution in [1.82, 2.24) is 0 Å². The summed E-state index contributed by atoms with van der Waals surface area (Å²) >= 11 is 5.81. The number of hydrogen-bond acceptors (Lipinski definition) is 2. The van der Waals surface area contributed by atoms with Gasteiger partial charge < -0.3 is 10.4 Å². The lowest BCUT2D eigenvalue weighted by Gasteiger charge is -2.08. The van der Waals surface area contributed by atoms with Gasteiger partial charge in [0.05, 0.1) is 17.0 Å². The van der Waals surface area contributed by atoms with Crippen LogP contribution in [-0.4, -0.2) is 17.0 Å². The number of rotatable bonds is 4. The largest absolute Gasteiger partial charge is 0.481 e. The minimum absolute atomic E-state index is 0.0231. The molecule has 0 aliphatic rings. The van der Waals surface area contributed by atoms with Gasteiger partial charge >= 0.3 is 5.97 Å². The van der Waals surface area contributed by atoms with E-state index >= 15 is 0 Å². The molecule has 4 nitrogen and oxygen atoms in total. The second-order valence-corrected chi connectivity index (χ2v) is 4.73. The van der Waals surface area contributed by atoms with Gasteiger partial charge in [-0.2, -0.15) is 0 Å². The van der Waals surface area contributed by atoms with Gasteiger partial charge in [-0.3, -0.25) is 9.59 Å². The maximum atomic E-state index is 13.6. The van der Waals surface area contributed by atoms with Gasteiger partial charge in [0.15, 0.2) is 0 Å². The van der Waals surface area contributed by atoms with Crippen LogP contribution in [0.2, 0.25) is 5.02 Å². The van der Waals surface area contributed by atoms with Crippen molar-refractivity contribution in [2.45, 2.75) is 6.42 Å². The third kappa shape index (κ3) is 3.79. The van der Waals surface area contributed by atoms with Crippen LogP contribution in [0.3, 0.4) is 0 Å². The summed E-state index contributed by atoms with van der Waals surface area (Å²) in [6.07, 6.45) is -0.104. The SMILES string of the molecule is O=C(O)Cc1ccc(NC(=O)c2c(F)cccc2Cl)cc1. The molecular formula is C15H11ClFNO3. The van der Waals surface area contributed by atoms with E-state index in [1.165, 1.54) is 12.1 Å². The van der Waals surface area contributed by atoms with E-state index in [0.29, 0.717) is 11.3 Å². The Labute approximate surface area is 125 Å². The van der Waals surface area contributed by atoms with Gasteiger partial charge in [-0.15, -0.1) is 0 Å². The van der Waals surface area contributed by atoms with E-state index < -0.39 is 17.7 Å². The monoisotopic (exact) mass is 307 g/mol. The molecule has 0 aliphatic carbocycles. The fourth-order valence-electron chi connectivity index (χ4n) is 1.79. The number of amides is 1. The van der Waals surface area contributed by atoms with Crippen molar-refractivity contribution < 1.29 is 19.1 Å². The summed E-state index contributed by atoms with van der Waals surface area (Å²) in [5, 5.41) is 11.2. The third-order valence-corrected chi connectivity index (χ3v) is 3.07. The molecule has 2 aromatic carbocycles. The standard InChI is InChI=1S/C15H11ClFNO3/c16-11-2-1-3-12(17)14(11)15(21)18-10-6-4-9(5-7-10)8-13(19)20/h1-7H,8H2,(H,18,21)(H,19,20). The van der Waals surface area contributed by atoms with Crippen LogP contribution in [-0.2, 0) is 11.2 Å². The number of benzene rings is 2. The first-order chi connectivity index (χ1) is 9.97. The van der Waals surface area contributed by atoms with Crippen molar-refractivity contribution in [2.24, 2.45) is 0 Å². The van der Waals surface area contributed by atoms with Crippen LogP contribution < -0.4 is 5.32 Å². The van der Waals surface area contributed by atoms with Crippen molar-refractivity contribution in [3.8, 4) is 0 Å². The summed E-state index contributed by atoms with van der Waals surface area (Å²) in [6.45, 7) is 0. The molecule has 2 aromatic rings. The highest BCUT2D eigenvalue weighted by molar-refractivity contribution is 6.34. The minimum Gasteiger partial charge on any atom is -0.481 e. The Morgan fingerprint density at radius 3 is 2.38 bits per heavy atom. The number of carboxylic acids is 1. The first-order valence-electron chi connectivity index (χ1n) is 6.03. The van der Waals surface area contributed by atoms with Crippen molar-refractivity contribution >= 4 is 29.2 Å². The first kappa shape index (κ1) is 15.0. The van der Waals surface area contributed by atoms with Gasteiger partial charge in [0.25, 0.3) is 5.91 Å². The fraction of sp³-hybridized carbons (Fsp3) is 0.0667. The second-order valence-electron chi connectivity index (χ2n) is 4.32. The lowest BCUT2D eigenvalue weighted by molar-refractivity contribution is -0.136. The highest BCUT2D eigenvalue weighted by Crippen LogP contribution is 2.20. The number of carbonyl (C=O) groups excluding carboxylic acids is 1. The molecular weight excluding hydrogens is 297 g/mol. The van der Waals surface area contributed by atoms with E-state index in [2.05, 4.69) is 5.32 Å². The maximum absolute atomic E-state index is 13.6. The molecule has 0 unspecified atom stereocenters. The number of anilines is 1. The van der Waals surface area contributed by atoms with Crippen LogP contribution in [0.5, 0.6) is 0 Å². The van der Waals surface area contributed by atoms with E-state index in [4.69, 9.17) is 16.7 Å². The van der Waals surface area contributed by atoms with E-state index in [1.807, 2.05) is 0 Å². The van der Waals surface area contributed by atoms with E-state index in [9.17, 15) is 14.0 Å². The zero-order valence-corrected chi connectivity index (χ0v) is 11.5. The molecule has 0 aliphatic heterocycles. The van der Waals surface area contributed by atoms with Crippen LogP contribution in [0.15, 0.2) is 42.5 Å². The number of carboxylic acid groups (broad SMARTS) is 1. The van der Waals surface area contributed by atoms with Crippen molar-refractivity contribution in [1.29, 1.82) is 0 Å². The Balaban J connectivity index is 2.14. The van der Waals surface area contributed by atoms with Gasteiger partial charge in [-0.05, 0) is 29.8 Å². The zero-order chi connectivity index (χ0) is 15.4. The van der Waals surface area contributed by atoms with E-state index in [0.717, 1.165) is 6.07 Å². The predicted octanol–water partition coefficient (Wildman–Crippen LogP) is 3.36. The lowest BCUT2D eigenvalue weighted by Crippen LogP contribution is -2.14. The molecule has 0 radical (unpaired) electrons. The Kier molecular flexibility index (Phi) is 4.55. The van der Waals surface area contributed by atoms with Crippen LogP contribution in [0, 0.1) is 5.82 Å². The first-order valence-corrected chi connectivity index (χ1v) is 6.41. The molecule has 0 fully saturated rings. The highest BCUT2D eigenvalue weighted by Gasteiger charge is 2.15. The molecule has 0 atom stereocenters. The highest BCUT2D eigenvalue weighted by atomic mass is 35.5. The zero-order valence-electron chi connectivity index (χ0n) is 10.8. The number of carbonyl (C=O) groups is 2. The van der Waals surface area contributed by atoms with E-state index in [1.54, 1.807) is 24.3 Å². The number of nitrogens with one attached hydrogen (secondary N) is 1. The Hall–Kier alpha value is -2.40. The quantitative estimate of drug-likeness (QED) is 0.910. The van der Waals surface area contributed by atoms with E-state index in [-0.39, 0.29) is 17.0 Å². The number of hydrogen-bond donors (Lipinski definition) is 2. The maximum Gasteiger partial charge on any atom is 0.307 e. The molecule has 0 heterocycles. The topological polar surface area (TPSA) is 66.4 Å². The fourth-order valence-corrected chi connectivity index (χ4v) is 2.04. The van der Waals surface area contributed by atoms with Crippen LogP contribution in [0.25, 0.3) is 0 Å². The Morgan fingerprint density at radius 1 is 1.14 bits per heavy atom. The summed E-state index contributed by atoms with van der Waals surface area (Å²) in [6, 6.07) is 10.2. The molecule has 1 amide bonds. The van der Waals surface area contributed by atoms with Crippen molar-refractivity contribution in [2.75, 3.05) is 5.32 Å². The average Bonchev–Trinajstić information content (AvgIpc) is 2.40. The molecule has 0 saturated heterocycles. The molecule has 2 N–H and O–H groups in total. The van der Waals surface area contributed by atoms with Gasteiger partial charge in [-0.25, -0.2) is 4.39 Å². The second kappa shape index (κ2) is 6.37. The number of halogens is 2. The number of aliphatic carboxylic acids is 1. The van der Waals surface area contributed by atoms with Crippen molar-refractivity contribution in [3.63, 3.8) is 0 Å². The van der Waals surface area contributed by atoms with Crippen LogP contribution >= 0.6 is 11.6 Å². The van der Waals surface area contributed by atoms with Crippen molar-refractivity contribution in [3.05, 3.63) is 64.4 Å². The predicted molar refractivity (Wildman–Crippen MR) is 77.1 cm³/mol.